The lowest BCUT2D eigenvalue weighted by Crippen LogP contribution is -2.39. The van der Waals surface area contributed by atoms with Crippen molar-refractivity contribution < 1.29 is 4.79 Å². The van der Waals surface area contributed by atoms with Crippen LogP contribution in [0.15, 0.2) is 24.3 Å². The number of amides is 1. The molecule has 1 aromatic heterocycles. The zero-order chi connectivity index (χ0) is 16.5. The van der Waals surface area contributed by atoms with Crippen LogP contribution in [0.2, 0.25) is 0 Å². The zero-order valence-electron chi connectivity index (χ0n) is 14.6. The molecule has 1 aliphatic heterocycles. The second kappa shape index (κ2) is 6.58. The third kappa shape index (κ3) is 2.94. The molecule has 2 aromatic rings. The van der Waals surface area contributed by atoms with Crippen LogP contribution in [0, 0.1) is 12.8 Å². The number of para-hydroxylation sites is 2. The molecular formula is C20H27N3O. The molecule has 0 bridgehead atoms. The van der Waals surface area contributed by atoms with Gasteiger partial charge in [-0.25, -0.2) is 4.98 Å². The number of fused-ring (bicyclic) bond motifs is 1. The number of benzene rings is 1. The molecule has 2 fully saturated rings. The molecule has 0 N–H and O–H groups in total. The molecule has 2 heterocycles. The summed E-state index contributed by atoms with van der Waals surface area (Å²) in [5, 5.41) is 0. The van der Waals surface area contributed by atoms with Gasteiger partial charge >= 0.3 is 0 Å². The van der Waals surface area contributed by atoms with E-state index in [1.807, 2.05) is 6.07 Å². The number of piperidine rings is 1. The number of hydrogen-bond acceptors (Lipinski definition) is 2. The number of carbonyl (C=O) groups is 1. The Labute approximate surface area is 143 Å². The number of aromatic nitrogens is 2. The van der Waals surface area contributed by atoms with Gasteiger partial charge in [0, 0.05) is 25.6 Å². The topological polar surface area (TPSA) is 38.1 Å². The van der Waals surface area contributed by atoms with Crippen molar-refractivity contribution in [1.82, 2.24) is 14.5 Å². The molecule has 1 amide bonds. The first-order chi connectivity index (χ1) is 11.7. The number of likely N-dealkylation sites (tertiary alicyclic amines) is 1. The molecule has 1 aromatic carbocycles. The lowest BCUT2D eigenvalue weighted by molar-refractivity contribution is -0.133. The van der Waals surface area contributed by atoms with Crippen molar-refractivity contribution in [3.05, 3.63) is 30.1 Å². The van der Waals surface area contributed by atoms with E-state index in [1.54, 1.807) is 0 Å². The van der Waals surface area contributed by atoms with Crippen LogP contribution < -0.4 is 0 Å². The summed E-state index contributed by atoms with van der Waals surface area (Å²) in [4.78, 5) is 19.3. The smallest absolute Gasteiger partial charge is 0.222 e. The van der Waals surface area contributed by atoms with E-state index in [4.69, 9.17) is 4.98 Å². The normalized spacial score (nSPS) is 20.1. The standard InChI is InChI=1S/C20H27N3O/c1-15-21-18-8-4-5-9-19(18)23(15)17-10-12-22(13-11-17)20(24)14-16-6-2-3-7-16/h4-5,8-9,16-17H,2-3,6-7,10-14H2,1H3. The van der Waals surface area contributed by atoms with Crippen LogP contribution in [-0.4, -0.2) is 33.4 Å². The first-order valence-corrected chi connectivity index (χ1v) is 9.43. The summed E-state index contributed by atoms with van der Waals surface area (Å²) in [6.45, 7) is 3.88. The van der Waals surface area contributed by atoms with Crippen molar-refractivity contribution in [1.29, 1.82) is 0 Å². The maximum absolute atomic E-state index is 12.5. The first-order valence-electron chi connectivity index (χ1n) is 9.43. The minimum Gasteiger partial charge on any atom is -0.343 e. The summed E-state index contributed by atoms with van der Waals surface area (Å²) in [6, 6.07) is 8.84. The molecule has 2 aliphatic rings. The third-order valence-corrected chi connectivity index (χ3v) is 5.89. The molecule has 0 radical (unpaired) electrons. The van der Waals surface area contributed by atoms with Crippen molar-refractivity contribution in [2.75, 3.05) is 13.1 Å². The quantitative estimate of drug-likeness (QED) is 0.852. The highest BCUT2D eigenvalue weighted by Gasteiger charge is 2.27. The summed E-state index contributed by atoms with van der Waals surface area (Å²) < 4.78 is 2.38. The summed E-state index contributed by atoms with van der Waals surface area (Å²) in [7, 11) is 0. The predicted octanol–water partition coefficient (Wildman–Crippen LogP) is 4.09. The minimum absolute atomic E-state index is 0.382. The number of aryl methyl sites for hydroxylation is 1. The fourth-order valence-corrected chi connectivity index (χ4v) is 4.59. The van der Waals surface area contributed by atoms with Gasteiger partial charge in [-0.05, 0) is 50.7 Å². The Kier molecular flexibility index (Phi) is 4.30. The third-order valence-electron chi connectivity index (χ3n) is 5.89. The highest BCUT2D eigenvalue weighted by Crippen LogP contribution is 2.31. The van der Waals surface area contributed by atoms with Gasteiger partial charge in [0.15, 0.2) is 0 Å². The monoisotopic (exact) mass is 325 g/mol. The Morgan fingerprint density at radius 2 is 1.83 bits per heavy atom. The van der Waals surface area contributed by atoms with E-state index in [0.717, 1.165) is 43.7 Å². The largest absolute Gasteiger partial charge is 0.343 e. The molecule has 0 unspecified atom stereocenters. The fourth-order valence-electron chi connectivity index (χ4n) is 4.59. The molecule has 0 atom stereocenters. The SMILES string of the molecule is Cc1nc2ccccc2n1C1CCN(C(=O)CC2CCCC2)CC1. The van der Waals surface area contributed by atoms with Crippen LogP contribution in [0.1, 0.15) is 56.8 Å². The lowest BCUT2D eigenvalue weighted by atomic mass is 10.00. The van der Waals surface area contributed by atoms with Crippen LogP contribution in [0.3, 0.4) is 0 Å². The van der Waals surface area contributed by atoms with Crippen LogP contribution in [0.5, 0.6) is 0 Å². The van der Waals surface area contributed by atoms with Crippen LogP contribution in [0.4, 0.5) is 0 Å². The van der Waals surface area contributed by atoms with Gasteiger partial charge in [0.2, 0.25) is 5.91 Å². The van der Waals surface area contributed by atoms with Gasteiger partial charge in [0.1, 0.15) is 5.82 Å². The van der Waals surface area contributed by atoms with Crippen molar-refractivity contribution in [3.63, 3.8) is 0 Å². The summed E-state index contributed by atoms with van der Waals surface area (Å²) >= 11 is 0. The molecule has 128 valence electrons. The summed E-state index contributed by atoms with van der Waals surface area (Å²) in [5.41, 5.74) is 2.31. The van der Waals surface area contributed by atoms with Crippen LogP contribution >= 0.6 is 0 Å². The maximum atomic E-state index is 12.5. The Bertz CT molecular complexity index is 722. The molecular weight excluding hydrogens is 298 g/mol. The Morgan fingerprint density at radius 3 is 2.58 bits per heavy atom. The van der Waals surface area contributed by atoms with Gasteiger partial charge in [-0.1, -0.05) is 25.0 Å². The predicted molar refractivity (Wildman–Crippen MR) is 95.9 cm³/mol. The molecule has 4 rings (SSSR count). The second-order valence-corrected chi connectivity index (χ2v) is 7.48. The fraction of sp³-hybridized carbons (Fsp3) is 0.600. The highest BCUT2D eigenvalue weighted by molar-refractivity contribution is 5.77. The van der Waals surface area contributed by atoms with E-state index < -0.39 is 0 Å². The maximum Gasteiger partial charge on any atom is 0.222 e. The van der Waals surface area contributed by atoms with Gasteiger partial charge in [0.05, 0.1) is 11.0 Å². The van der Waals surface area contributed by atoms with Gasteiger partial charge in [-0.2, -0.15) is 0 Å². The molecule has 1 aliphatic carbocycles. The van der Waals surface area contributed by atoms with Crippen molar-refractivity contribution >= 4 is 16.9 Å². The summed E-state index contributed by atoms with van der Waals surface area (Å²) in [5.74, 6) is 2.12. The van der Waals surface area contributed by atoms with E-state index in [1.165, 1.54) is 31.2 Å². The Morgan fingerprint density at radius 1 is 1.12 bits per heavy atom. The average Bonchev–Trinajstić information content (AvgIpc) is 3.21. The van der Waals surface area contributed by atoms with Crippen molar-refractivity contribution in [2.24, 2.45) is 5.92 Å². The van der Waals surface area contributed by atoms with Crippen molar-refractivity contribution in [2.45, 2.75) is 57.9 Å². The number of rotatable bonds is 3. The Balaban J connectivity index is 1.42. The summed E-state index contributed by atoms with van der Waals surface area (Å²) in [6.07, 6.45) is 7.98. The van der Waals surface area contributed by atoms with Crippen LogP contribution in [-0.2, 0) is 4.79 Å². The van der Waals surface area contributed by atoms with Gasteiger partial charge in [0.25, 0.3) is 0 Å². The molecule has 0 spiro atoms. The number of hydrogen-bond donors (Lipinski definition) is 0. The average molecular weight is 325 g/mol. The molecule has 4 nitrogen and oxygen atoms in total. The second-order valence-electron chi connectivity index (χ2n) is 7.48. The molecule has 1 saturated heterocycles. The lowest BCUT2D eigenvalue weighted by Gasteiger charge is -2.34. The number of carbonyl (C=O) groups excluding carboxylic acids is 1. The molecule has 24 heavy (non-hydrogen) atoms. The van der Waals surface area contributed by atoms with Gasteiger partial charge < -0.3 is 9.47 Å². The molecule has 1 saturated carbocycles. The van der Waals surface area contributed by atoms with Crippen molar-refractivity contribution in [3.8, 4) is 0 Å². The Hall–Kier alpha value is -1.84. The van der Waals surface area contributed by atoms with E-state index in [-0.39, 0.29) is 0 Å². The highest BCUT2D eigenvalue weighted by atomic mass is 16.2. The number of imidazole rings is 1. The van der Waals surface area contributed by atoms with Gasteiger partial charge in [-0.3, -0.25) is 4.79 Å². The number of nitrogens with zero attached hydrogens (tertiary/aromatic N) is 3. The first kappa shape index (κ1) is 15.7. The van der Waals surface area contributed by atoms with Crippen LogP contribution in [0.25, 0.3) is 11.0 Å². The van der Waals surface area contributed by atoms with E-state index in [9.17, 15) is 4.79 Å². The van der Waals surface area contributed by atoms with E-state index in [0.29, 0.717) is 17.9 Å². The van der Waals surface area contributed by atoms with E-state index in [2.05, 4.69) is 34.6 Å². The minimum atomic E-state index is 0.382. The van der Waals surface area contributed by atoms with Gasteiger partial charge in [-0.15, -0.1) is 0 Å². The van der Waals surface area contributed by atoms with E-state index >= 15 is 0 Å². The zero-order valence-corrected chi connectivity index (χ0v) is 14.6. The molecule has 4 heteroatoms.